The number of oxazole rings is 1. The molecule has 0 radical (unpaired) electrons. The molecule has 9 heteroatoms. The first-order valence-corrected chi connectivity index (χ1v) is 11.0. The van der Waals surface area contributed by atoms with Crippen LogP contribution in [0.2, 0.25) is 5.02 Å². The van der Waals surface area contributed by atoms with Crippen molar-refractivity contribution >= 4 is 34.4 Å². The summed E-state index contributed by atoms with van der Waals surface area (Å²) >= 11 is 6.49. The van der Waals surface area contributed by atoms with Gasteiger partial charge in [0.05, 0.1) is 30.2 Å². The van der Waals surface area contributed by atoms with Gasteiger partial charge in [0.1, 0.15) is 10.5 Å². The van der Waals surface area contributed by atoms with E-state index in [1.165, 1.54) is 7.11 Å². The number of nitrogens with zero attached hydrogens (tertiary/aromatic N) is 4. The zero-order valence-electron chi connectivity index (χ0n) is 17.9. The molecule has 2 aromatic carbocycles. The van der Waals surface area contributed by atoms with Crippen molar-refractivity contribution in [2.45, 2.75) is 18.8 Å². The number of para-hydroxylation sites is 3. The lowest BCUT2D eigenvalue weighted by Crippen LogP contribution is -2.35. The van der Waals surface area contributed by atoms with Crippen LogP contribution >= 0.6 is 11.6 Å². The molecule has 0 aliphatic carbocycles. The SMILES string of the molecule is COC(=O)c1ccccc1-n1ncc(N2CCC(c3nc4ccccc4o3)CC2)c(Cl)c1=O. The molecule has 0 saturated carbocycles. The van der Waals surface area contributed by atoms with Crippen LogP contribution in [0, 0.1) is 0 Å². The van der Waals surface area contributed by atoms with Gasteiger partial charge in [0.25, 0.3) is 5.56 Å². The van der Waals surface area contributed by atoms with Crippen LogP contribution in [0.5, 0.6) is 0 Å². The topological polar surface area (TPSA) is 90.5 Å². The summed E-state index contributed by atoms with van der Waals surface area (Å²) in [5, 5.41) is 4.37. The van der Waals surface area contributed by atoms with Crippen molar-refractivity contribution in [1.82, 2.24) is 14.8 Å². The summed E-state index contributed by atoms with van der Waals surface area (Å²) in [4.78, 5) is 31.8. The second-order valence-electron chi connectivity index (χ2n) is 7.85. The Labute approximate surface area is 194 Å². The third-order valence-electron chi connectivity index (χ3n) is 5.93. The smallest absolute Gasteiger partial charge is 0.340 e. The Kier molecular flexibility index (Phi) is 5.60. The number of hydrogen-bond donors (Lipinski definition) is 0. The molecule has 3 heterocycles. The van der Waals surface area contributed by atoms with Crippen molar-refractivity contribution in [3.63, 3.8) is 0 Å². The van der Waals surface area contributed by atoms with Gasteiger partial charge < -0.3 is 14.1 Å². The van der Waals surface area contributed by atoms with Gasteiger partial charge in [-0.25, -0.2) is 9.78 Å². The van der Waals surface area contributed by atoms with E-state index in [0.717, 1.165) is 34.5 Å². The van der Waals surface area contributed by atoms with Crippen molar-refractivity contribution < 1.29 is 13.9 Å². The molecule has 4 aromatic rings. The summed E-state index contributed by atoms with van der Waals surface area (Å²) in [6, 6.07) is 14.3. The van der Waals surface area contributed by atoms with E-state index in [0.29, 0.717) is 24.5 Å². The van der Waals surface area contributed by atoms with Crippen molar-refractivity contribution in [3.05, 3.63) is 81.6 Å². The van der Waals surface area contributed by atoms with E-state index in [1.807, 2.05) is 29.2 Å². The van der Waals surface area contributed by atoms with Crippen LogP contribution in [0.15, 0.2) is 63.9 Å². The molecule has 0 N–H and O–H groups in total. The van der Waals surface area contributed by atoms with E-state index in [1.54, 1.807) is 30.5 Å². The fourth-order valence-corrected chi connectivity index (χ4v) is 4.44. The molecule has 168 valence electrons. The maximum absolute atomic E-state index is 13.0. The van der Waals surface area contributed by atoms with Crippen LogP contribution in [-0.4, -0.2) is 40.9 Å². The number of carbonyl (C=O) groups excluding carboxylic acids is 1. The summed E-state index contributed by atoms with van der Waals surface area (Å²) in [6.45, 7) is 1.37. The quantitative estimate of drug-likeness (QED) is 0.418. The molecule has 33 heavy (non-hydrogen) atoms. The third kappa shape index (κ3) is 3.87. The number of esters is 1. The Morgan fingerprint density at radius 1 is 1.09 bits per heavy atom. The van der Waals surface area contributed by atoms with E-state index in [2.05, 4.69) is 10.1 Å². The predicted octanol–water partition coefficient (Wildman–Crippen LogP) is 4.20. The molecule has 1 aliphatic rings. The van der Waals surface area contributed by atoms with Crippen LogP contribution in [0.25, 0.3) is 16.8 Å². The maximum Gasteiger partial charge on any atom is 0.340 e. The molecule has 1 aliphatic heterocycles. The van der Waals surface area contributed by atoms with E-state index in [9.17, 15) is 9.59 Å². The number of rotatable bonds is 4. The fourth-order valence-electron chi connectivity index (χ4n) is 4.19. The number of benzene rings is 2. The van der Waals surface area contributed by atoms with Gasteiger partial charge in [-0.15, -0.1) is 0 Å². The summed E-state index contributed by atoms with van der Waals surface area (Å²) < 4.78 is 11.9. The van der Waals surface area contributed by atoms with Crippen molar-refractivity contribution in [2.24, 2.45) is 0 Å². The summed E-state index contributed by atoms with van der Waals surface area (Å²) in [5.74, 6) is 0.392. The normalized spacial score (nSPS) is 14.5. The second-order valence-corrected chi connectivity index (χ2v) is 8.23. The van der Waals surface area contributed by atoms with Crippen LogP contribution < -0.4 is 10.5 Å². The zero-order chi connectivity index (χ0) is 22.9. The van der Waals surface area contributed by atoms with Gasteiger partial charge >= 0.3 is 5.97 Å². The minimum absolute atomic E-state index is 0.0602. The van der Waals surface area contributed by atoms with E-state index >= 15 is 0 Å². The lowest BCUT2D eigenvalue weighted by Gasteiger charge is -2.32. The van der Waals surface area contributed by atoms with Crippen LogP contribution in [0.1, 0.15) is 35.0 Å². The van der Waals surface area contributed by atoms with E-state index < -0.39 is 11.5 Å². The first-order valence-electron chi connectivity index (χ1n) is 10.6. The molecule has 0 unspecified atom stereocenters. The number of piperidine rings is 1. The molecule has 0 atom stereocenters. The number of aromatic nitrogens is 3. The van der Waals surface area contributed by atoms with Gasteiger partial charge in [-0.05, 0) is 37.1 Å². The molecule has 8 nitrogen and oxygen atoms in total. The third-order valence-corrected chi connectivity index (χ3v) is 6.29. The first-order chi connectivity index (χ1) is 16.1. The molecular weight excluding hydrogens is 444 g/mol. The Morgan fingerprint density at radius 2 is 1.82 bits per heavy atom. The number of methoxy groups -OCH3 is 1. The van der Waals surface area contributed by atoms with Crippen LogP contribution in [0.3, 0.4) is 0 Å². The number of fused-ring (bicyclic) bond motifs is 1. The van der Waals surface area contributed by atoms with Crippen LogP contribution in [0.4, 0.5) is 5.69 Å². The first kappa shape index (κ1) is 21.2. The van der Waals surface area contributed by atoms with Gasteiger partial charge in [0.15, 0.2) is 11.5 Å². The standard InChI is InChI=1S/C24H21ClN4O4/c1-32-24(31)16-6-2-4-8-18(16)29-23(30)21(25)19(14-26-29)28-12-10-15(11-13-28)22-27-17-7-3-5-9-20(17)33-22/h2-9,14-15H,10-13H2,1H3. The lowest BCUT2D eigenvalue weighted by molar-refractivity contribution is 0.0600. The van der Waals surface area contributed by atoms with E-state index in [-0.39, 0.29) is 16.5 Å². The summed E-state index contributed by atoms with van der Waals surface area (Å²) in [7, 11) is 1.29. The highest BCUT2D eigenvalue weighted by Crippen LogP contribution is 2.33. The molecule has 1 fully saturated rings. The molecular formula is C24H21ClN4O4. The second kappa shape index (κ2) is 8.71. The number of anilines is 1. The van der Waals surface area contributed by atoms with Crippen molar-refractivity contribution in [2.75, 3.05) is 25.1 Å². The number of ether oxygens (including phenoxy) is 1. The molecule has 5 rings (SSSR count). The number of carbonyl (C=O) groups is 1. The van der Waals surface area contributed by atoms with Gasteiger partial charge in [0.2, 0.25) is 0 Å². The summed E-state index contributed by atoms with van der Waals surface area (Å²) in [6.07, 6.45) is 3.20. The van der Waals surface area contributed by atoms with Gasteiger partial charge in [-0.1, -0.05) is 35.9 Å². The largest absolute Gasteiger partial charge is 0.465 e. The molecule has 2 aromatic heterocycles. The number of halogens is 1. The van der Waals surface area contributed by atoms with Gasteiger partial charge in [0, 0.05) is 19.0 Å². The average Bonchev–Trinajstić information content (AvgIpc) is 3.30. The fraction of sp³-hybridized carbons (Fsp3) is 0.250. The van der Waals surface area contributed by atoms with Crippen molar-refractivity contribution in [1.29, 1.82) is 0 Å². The van der Waals surface area contributed by atoms with E-state index in [4.69, 9.17) is 20.8 Å². The van der Waals surface area contributed by atoms with Gasteiger partial charge in [-0.3, -0.25) is 4.79 Å². The Bertz CT molecular complexity index is 1360. The number of hydrogen-bond acceptors (Lipinski definition) is 7. The summed E-state index contributed by atoms with van der Waals surface area (Å²) in [5.41, 5.74) is 2.28. The van der Waals surface area contributed by atoms with Crippen molar-refractivity contribution in [3.8, 4) is 5.69 Å². The minimum atomic E-state index is -0.555. The monoisotopic (exact) mass is 464 g/mol. The molecule has 1 saturated heterocycles. The van der Waals surface area contributed by atoms with Gasteiger partial charge in [-0.2, -0.15) is 9.78 Å². The minimum Gasteiger partial charge on any atom is -0.465 e. The zero-order valence-corrected chi connectivity index (χ0v) is 18.7. The molecule has 0 amide bonds. The lowest BCUT2D eigenvalue weighted by atomic mass is 9.96. The average molecular weight is 465 g/mol. The predicted molar refractivity (Wildman–Crippen MR) is 124 cm³/mol. The Balaban J connectivity index is 1.38. The maximum atomic E-state index is 13.0. The van der Waals surface area contributed by atoms with Crippen LogP contribution in [-0.2, 0) is 4.74 Å². The highest BCUT2D eigenvalue weighted by atomic mass is 35.5. The Hall–Kier alpha value is -3.65. The molecule has 0 bridgehead atoms. The molecule has 0 spiro atoms. The highest BCUT2D eigenvalue weighted by molar-refractivity contribution is 6.33. The highest BCUT2D eigenvalue weighted by Gasteiger charge is 2.27. The Morgan fingerprint density at radius 3 is 2.58 bits per heavy atom.